The zero-order chi connectivity index (χ0) is 12.8. The molecule has 0 saturated carbocycles. The van der Waals surface area contributed by atoms with Crippen LogP contribution in [0.25, 0.3) is 0 Å². The predicted octanol–water partition coefficient (Wildman–Crippen LogP) is 5.02. The Morgan fingerprint density at radius 2 is 1.17 bits per heavy atom. The summed E-state index contributed by atoms with van der Waals surface area (Å²) in [5.41, 5.74) is 0. The quantitative estimate of drug-likeness (QED) is 0.395. The minimum Gasteiger partial charge on any atom is -0.466 e. The molecule has 3 nitrogen and oxygen atoms in total. The highest BCUT2D eigenvalue weighted by atomic mass is 16.5. The van der Waals surface area contributed by atoms with Crippen LogP contribution in [0.4, 0.5) is 0 Å². The minimum atomic E-state index is -0.155. The summed E-state index contributed by atoms with van der Waals surface area (Å²) in [5.74, 6) is -0.155. The summed E-state index contributed by atoms with van der Waals surface area (Å²) >= 11 is 0. The lowest BCUT2D eigenvalue weighted by Gasteiger charge is -2.03. The smallest absolute Gasteiger partial charge is 0.302 e. The minimum absolute atomic E-state index is 0. The summed E-state index contributed by atoms with van der Waals surface area (Å²) in [4.78, 5) is 10.5. The van der Waals surface area contributed by atoms with Gasteiger partial charge in [-0.15, -0.1) is 0 Å². The van der Waals surface area contributed by atoms with E-state index in [0.29, 0.717) is 6.61 Å². The molecule has 0 heterocycles. The fourth-order valence-corrected chi connectivity index (χ4v) is 1.98. The van der Waals surface area contributed by atoms with Gasteiger partial charge in [-0.2, -0.15) is 0 Å². The molecule has 0 atom stereocenters. The number of hydrogen-bond donors (Lipinski definition) is 1. The number of esters is 1. The van der Waals surface area contributed by atoms with Crippen LogP contribution < -0.4 is 6.15 Å². The molecule has 0 aliphatic heterocycles. The lowest BCUT2D eigenvalue weighted by atomic mass is 10.1. The normalized spacial score (nSPS) is 9.89. The highest BCUT2D eigenvalue weighted by Crippen LogP contribution is 2.11. The molecule has 18 heavy (non-hydrogen) atoms. The van der Waals surface area contributed by atoms with E-state index in [2.05, 4.69) is 6.92 Å². The van der Waals surface area contributed by atoms with Gasteiger partial charge in [-0.05, 0) is 6.42 Å². The number of hydrogen-bond acceptors (Lipinski definition) is 3. The average Bonchev–Trinajstić information content (AvgIpc) is 2.30. The van der Waals surface area contributed by atoms with E-state index in [-0.39, 0.29) is 12.1 Å². The number of rotatable bonds is 12. The van der Waals surface area contributed by atoms with Crippen molar-refractivity contribution in [2.24, 2.45) is 0 Å². The molecular weight excluding hydrogens is 226 g/mol. The molecule has 0 unspecified atom stereocenters. The van der Waals surface area contributed by atoms with Gasteiger partial charge in [-0.3, -0.25) is 4.79 Å². The van der Waals surface area contributed by atoms with Gasteiger partial charge in [-0.25, -0.2) is 0 Å². The van der Waals surface area contributed by atoms with Crippen LogP contribution in [0.2, 0.25) is 0 Å². The van der Waals surface area contributed by atoms with Crippen molar-refractivity contribution in [2.75, 3.05) is 6.61 Å². The molecule has 0 fully saturated rings. The monoisotopic (exact) mass is 259 g/mol. The standard InChI is InChI=1S/C15H30O2.H3N/c1-3-4-5-6-7-8-9-10-11-12-13-14-17-15(2)16;/h3-14H2,1-2H3;1H3. The molecular formula is C15H33NO2. The number of ether oxygens (including phenoxy) is 1. The van der Waals surface area contributed by atoms with Crippen molar-refractivity contribution in [3.05, 3.63) is 0 Å². The third kappa shape index (κ3) is 17.8. The highest BCUT2D eigenvalue weighted by Gasteiger charge is 1.94. The summed E-state index contributed by atoms with van der Waals surface area (Å²) in [5, 5.41) is 0. The molecule has 0 saturated heterocycles. The van der Waals surface area contributed by atoms with Gasteiger partial charge >= 0.3 is 5.97 Å². The maximum Gasteiger partial charge on any atom is 0.302 e. The summed E-state index contributed by atoms with van der Waals surface area (Å²) in [7, 11) is 0. The second-order valence-electron chi connectivity index (χ2n) is 4.88. The third-order valence-electron chi connectivity index (χ3n) is 3.05. The van der Waals surface area contributed by atoms with Gasteiger partial charge in [0.1, 0.15) is 0 Å². The molecule has 0 aromatic rings. The Bertz CT molecular complexity index is 172. The van der Waals surface area contributed by atoms with E-state index in [0.717, 1.165) is 6.42 Å². The van der Waals surface area contributed by atoms with Crippen molar-refractivity contribution < 1.29 is 9.53 Å². The van der Waals surface area contributed by atoms with Crippen molar-refractivity contribution in [3.63, 3.8) is 0 Å². The number of carbonyl (C=O) groups is 1. The Labute approximate surface area is 113 Å². The molecule has 0 amide bonds. The van der Waals surface area contributed by atoms with Crippen LogP contribution in [0.5, 0.6) is 0 Å². The summed E-state index contributed by atoms with van der Waals surface area (Å²) < 4.78 is 4.89. The van der Waals surface area contributed by atoms with Gasteiger partial charge in [0, 0.05) is 6.92 Å². The van der Waals surface area contributed by atoms with Crippen molar-refractivity contribution in [1.29, 1.82) is 0 Å². The molecule has 3 N–H and O–H groups in total. The molecule has 0 spiro atoms. The first kappa shape index (κ1) is 19.8. The second kappa shape index (κ2) is 16.4. The van der Waals surface area contributed by atoms with E-state index in [1.54, 1.807) is 0 Å². The van der Waals surface area contributed by atoms with E-state index in [1.807, 2.05) is 0 Å². The predicted molar refractivity (Wildman–Crippen MR) is 78.1 cm³/mol. The topological polar surface area (TPSA) is 61.3 Å². The third-order valence-corrected chi connectivity index (χ3v) is 3.05. The van der Waals surface area contributed by atoms with E-state index in [1.165, 1.54) is 71.1 Å². The van der Waals surface area contributed by atoms with Crippen LogP contribution in [-0.4, -0.2) is 12.6 Å². The zero-order valence-corrected chi connectivity index (χ0v) is 12.5. The van der Waals surface area contributed by atoms with Gasteiger partial charge in [0.25, 0.3) is 0 Å². The Hall–Kier alpha value is -0.570. The fourth-order valence-electron chi connectivity index (χ4n) is 1.98. The van der Waals surface area contributed by atoms with E-state index in [4.69, 9.17) is 4.74 Å². The van der Waals surface area contributed by atoms with Crippen molar-refractivity contribution in [1.82, 2.24) is 6.15 Å². The molecule has 0 aliphatic rings. The highest BCUT2D eigenvalue weighted by molar-refractivity contribution is 5.65. The number of carbonyl (C=O) groups excluding carboxylic acids is 1. The van der Waals surface area contributed by atoms with Gasteiger partial charge in [0.2, 0.25) is 0 Å². The van der Waals surface area contributed by atoms with Gasteiger partial charge in [-0.1, -0.05) is 71.1 Å². The Balaban J connectivity index is 0. The molecule has 110 valence electrons. The van der Waals surface area contributed by atoms with E-state index >= 15 is 0 Å². The summed E-state index contributed by atoms with van der Waals surface area (Å²) in [6.07, 6.45) is 14.6. The van der Waals surface area contributed by atoms with Crippen LogP contribution in [0, 0.1) is 0 Å². The SMILES string of the molecule is CCCCCCCCCCCCCOC(C)=O.N. The first-order chi connectivity index (χ1) is 8.27. The molecule has 0 bridgehead atoms. The number of unbranched alkanes of at least 4 members (excludes halogenated alkanes) is 10. The molecule has 0 aliphatic carbocycles. The first-order valence-corrected chi connectivity index (χ1v) is 7.40. The van der Waals surface area contributed by atoms with E-state index in [9.17, 15) is 4.79 Å². The van der Waals surface area contributed by atoms with Gasteiger partial charge < -0.3 is 10.9 Å². The van der Waals surface area contributed by atoms with Gasteiger partial charge in [0.15, 0.2) is 0 Å². The van der Waals surface area contributed by atoms with Gasteiger partial charge in [0.05, 0.1) is 6.61 Å². The lowest BCUT2D eigenvalue weighted by Crippen LogP contribution is -2.00. The summed E-state index contributed by atoms with van der Waals surface area (Å²) in [6, 6.07) is 0. The summed E-state index contributed by atoms with van der Waals surface area (Å²) in [6.45, 7) is 4.33. The van der Waals surface area contributed by atoms with E-state index < -0.39 is 0 Å². The Morgan fingerprint density at radius 3 is 1.56 bits per heavy atom. The average molecular weight is 259 g/mol. The molecule has 0 rings (SSSR count). The Kier molecular flexibility index (Phi) is 18.0. The van der Waals surface area contributed by atoms with Crippen LogP contribution in [-0.2, 0) is 9.53 Å². The van der Waals surface area contributed by atoms with Crippen molar-refractivity contribution >= 4 is 5.97 Å². The molecule has 0 radical (unpaired) electrons. The largest absolute Gasteiger partial charge is 0.466 e. The van der Waals surface area contributed by atoms with Crippen LogP contribution in [0.15, 0.2) is 0 Å². The van der Waals surface area contributed by atoms with Crippen LogP contribution in [0.3, 0.4) is 0 Å². The molecule has 0 aromatic heterocycles. The van der Waals surface area contributed by atoms with Crippen molar-refractivity contribution in [2.45, 2.75) is 84.5 Å². The fraction of sp³-hybridized carbons (Fsp3) is 0.933. The maximum atomic E-state index is 10.5. The first-order valence-electron chi connectivity index (χ1n) is 7.40. The zero-order valence-electron chi connectivity index (χ0n) is 12.5. The van der Waals surface area contributed by atoms with Crippen LogP contribution in [0.1, 0.15) is 84.5 Å². The second-order valence-corrected chi connectivity index (χ2v) is 4.88. The lowest BCUT2D eigenvalue weighted by molar-refractivity contribution is -0.141. The molecule has 3 heteroatoms. The molecule has 0 aromatic carbocycles. The van der Waals surface area contributed by atoms with Crippen LogP contribution >= 0.6 is 0 Å². The van der Waals surface area contributed by atoms with Crippen molar-refractivity contribution in [3.8, 4) is 0 Å². The maximum absolute atomic E-state index is 10.5. The Morgan fingerprint density at radius 1 is 0.778 bits per heavy atom.